The Bertz CT molecular complexity index is 754. The summed E-state index contributed by atoms with van der Waals surface area (Å²) in [5.41, 5.74) is 2.85. The van der Waals surface area contributed by atoms with Crippen molar-refractivity contribution in [3.63, 3.8) is 0 Å². The summed E-state index contributed by atoms with van der Waals surface area (Å²) >= 11 is 0. The number of hydrogen-bond donors (Lipinski definition) is 0. The lowest BCUT2D eigenvalue weighted by molar-refractivity contribution is 0.344. The van der Waals surface area contributed by atoms with Crippen molar-refractivity contribution in [1.82, 2.24) is 4.98 Å². The zero-order chi connectivity index (χ0) is 14.7. The molecule has 3 heteroatoms. The lowest BCUT2D eigenvalue weighted by Gasteiger charge is -2.11. The molecule has 0 aliphatic carbocycles. The number of nitrogens with zero attached hydrogens (tertiary/aromatic N) is 1. The average molecular weight is 279 g/mol. The topological polar surface area (TPSA) is 31.4 Å². The molecule has 0 fully saturated rings. The fraction of sp³-hybridized carbons (Fsp3) is 0.167. The second kappa shape index (κ2) is 5.83. The van der Waals surface area contributed by atoms with Gasteiger partial charge in [-0.05, 0) is 19.1 Å². The molecule has 1 aromatic heterocycles. The van der Waals surface area contributed by atoms with Crippen molar-refractivity contribution in [2.75, 3.05) is 13.7 Å². The summed E-state index contributed by atoms with van der Waals surface area (Å²) in [7, 11) is 1.66. The summed E-state index contributed by atoms with van der Waals surface area (Å²) in [6.07, 6.45) is 0. The van der Waals surface area contributed by atoms with Gasteiger partial charge in [0.25, 0.3) is 0 Å². The first kappa shape index (κ1) is 13.4. The second-order valence-corrected chi connectivity index (χ2v) is 4.69. The molecule has 0 N–H and O–H groups in total. The third kappa shape index (κ3) is 2.68. The van der Waals surface area contributed by atoms with Gasteiger partial charge in [-0.1, -0.05) is 30.3 Å². The van der Waals surface area contributed by atoms with Gasteiger partial charge in [-0.3, -0.25) is 0 Å². The smallest absolute Gasteiger partial charge is 0.130 e. The molecule has 0 aliphatic rings. The van der Waals surface area contributed by atoms with E-state index in [0.717, 1.165) is 33.7 Å². The van der Waals surface area contributed by atoms with Crippen LogP contribution in [0.2, 0.25) is 0 Å². The normalized spacial score (nSPS) is 10.6. The van der Waals surface area contributed by atoms with Crippen molar-refractivity contribution < 1.29 is 9.47 Å². The number of ether oxygens (including phenoxy) is 2. The summed E-state index contributed by atoms with van der Waals surface area (Å²) in [5, 5.41) is 0.998. The van der Waals surface area contributed by atoms with Gasteiger partial charge in [0.1, 0.15) is 11.5 Å². The van der Waals surface area contributed by atoms with Gasteiger partial charge in [-0.25, -0.2) is 4.98 Å². The van der Waals surface area contributed by atoms with Gasteiger partial charge >= 0.3 is 0 Å². The lowest BCUT2D eigenvalue weighted by Crippen LogP contribution is -1.96. The van der Waals surface area contributed by atoms with E-state index in [2.05, 4.69) is 0 Å². The van der Waals surface area contributed by atoms with E-state index >= 15 is 0 Å². The molecule has 3 nitrogen and oxygen atoms in total. The molecule has 0 saturated heterocycles. The Kier molecular flexibility index (Phi) is 3.73. The van der Waals surface area contributed by atoms with Crippen LogP contribution in [0.25, 0.3) is 22.2 Å². The number of fused-ring (bicyclic) bond motifs is 1. The molecule has 0 atom stereocenters. The third-order valence-corrected chi connectivity index (χ3v) is 3.35. The molecule has 106 valence electrons. The van der Waals surface area contributed by atoms with E-state index in [1.165, 1.54) is 0 Å². The maximum Gasteiger partial charge on any atom is 0.130 e. The molecule has 0 bridgehead atoms. The summed E-state index contributed by atoms with van der Waals surface area (Å²) < 4.78 is 11.1. The molecular weight excluding hydrogens is 262 g/mol. The van der Waals surface area contributed by atoms with Crippen molar-refractivity contribution in [3.8, 4) is 22.8 Å². The second-order valence-electron chi connectivity index (χ2n) is 4.69. The first-order valence-corrected chi connectivity index (χ1v) is 6.99. The van der Waals surface area contributed by atoms with Crippen LogP contribution in [0.5, 0.6) is 11.5 Å². The Labute approximate surface area is 124 Å². The van der Waals surface area contributed by atoms with E-state index < -0.39 is 0 Å². The highest BCUT2D eigenvalue weighted by Crippen LogP contribution is 2.32. The van der Waals surface area contributed by atoms with E-state index in [4.69, 9.17) is 14.5 Å². The van der Waals surface area contributed by atoms with Gasteiger partial charge < -0.3 is 9.47 Å². The molecule has 0 aliphatic heterocycles. The molecule has 2 aromatic carbocycles. The van der Waals surface area contributed by atoms with E-state index in [1.54, 1.807) is 7.11 Å². The minimum absolute atomic E-state index is 0.624. The van der Waals surface area contributed by atoms with Crippen LogP contribution in [0.1, 0.15) is 6.92 Å². The predicted octanol–water partition coefficient (Wildman–Crippen LogP) is 4.31. The minimum atomic E-state index is 0.624. The van der Waals surface area contributed by atoms with Gasteiger partial charge in [-0.2, -0.15) is 0 Å². The van der Waals surface area contributed by atoms with Crippen molar-refractivity contribution in [2.24, 2.45) is 0 Å². The number of rotatable bonds is 4. The summed E-state index contributed by atoms with van der Waals surface area (Å²) in [6.45, 7) is 2.61. The Hall–Kier alpha value is -2.55. The number of hydrogen-bond acceptors (Lipinski definition) is 3. The highest BCUT2D eigenvalue weighted by atomic mass is 16.5. The summed E-state index contributed by atoms with van der Waals surface area (Å²) in [5.74, 6) is 1.65. The predicted molar refractivity (Wildman–Crippen MR) is 84.9 cm³/mol. The van der Waals surface area contributed by atoms with Crippen LogP contribution in [0, 0.1) is 0 Å². The molecule has 0 unspecified atom stereocenters. The Morgan fingerprint density at radius 2 is 1.81 bits per heavy atom. The minimum Gasteiger partial charge on any atom is -0.497 e. The first-order valence-electron chi connectivity index (χ1n) is 6.99. The van der Waals surface area contributed by atoms with Crippen molar-refractivity contribution in [1.29, 1.82) is 0 Å². The zero-order valence-corrected chi connectivity index (χ0v) is 12.2. The van der Waals surface area contributed by atoms with Gasteiger partial charge in [0.05, 0.1) is 24.9 Å². The van der Waals surface area contributed by atoms with Crippen LogP contribution in [-0.2, 0) is 0 Å². The van der Waals surface area contributed by atoms with E-state index in [0.29, 0.717) is 6.61 Å². The van der Waals surface area contributed by atoms with E-state index in [1.807, 2.05) is 61.5 Å². The number of methoxy groups -OCH3 is 1. The average Bonchev–Trinajstić information content (AvgIpc) is 2.55. The Morgan fingerprint density at radius 1 is 1.00 bits per heavy atom. The third-order valence-electron chi connectivity index (χ3n) is 3.35. The molecular formula is C18H17NO2. The standard InChI is InChI=1S/C18H17NO2/c1-3-21-18-12-16(13-7-5-4-6-8-13)19-17-11-14(20-2)9-10-15(17)18/h4-12H,3H2,1-2H3. The van der Waals surface area contributed by atoms with Crippen molar-refractivity contribution >= 4 is 10.9 Å². The molecule has 1 heterocycles. The molecule has 0 spiro atoms. The van der Waals surface area contributed by atoms with Gasteiger partial charge in [-0.15, -0.1) is 0 Å². The maximum atomic E-state index is 5.77. The fourth-order valence-electron chi connectivity index (χ4n) is 2.33. The SMILES string of the molecule is CCOc1cc(-c2ccccc2)nc2cc(OC)ccc12. The first-order chi connectivity index (χ1) is 10.3. The molecule has 3 aromatic rings. The monoisotopic (exact) mass is 279 g/mol. The molecule has 0 radical (unpaired) electrons. The number of pyridine rings is 1. The number of aromatic nitrogens is 1. The van der Waals surface area contributed by atoms with E-state index in [9.17, 15) is 0 Å². The van der Waals surface area contributed by atoms with Crippen LogP contribution in [0.15, 0.2) is 54.6 Å². The van der Waals surface area contributed by atoms with Crippen LogP contribution in [-0.4, -0.2) is 18.7 Å². The molecule has 21 heavy (non-hydrogen) atoms. The Morgan fingerprint density at radius 3 is 2.52 bits per heavy atom. The van der Waals surface area contributed by atoms with Gasteiger partial charge in [0.2, 0.25) is 0 Å². The largest absolute Gasteiger partial charge is 0.497 e. The van der Waals surface area contributed by atoms with Gasteiger partial charge in [0.15, 0.2) is 0 Å². The quantitative estimate of drug-likeness (QED) is 0.713. The van der Waals surface area contributed by atoms with Crippen LogP contribution >= 0.6 is 0 Å². The highest BCUT2D eigenvalue weighted by molar-refractivity contribution is 5.89. The summed E-state index contributed by atoms with van der Waals surface area (Å²) in [4.78, 5) is 4.74. The van der Waals surface area contributed by atoms with Crippen LogP contribution in [0.3, 0.4) is 0 Å². The van der Waals surface area contributed by atoms with Crippen LogP contribution < -0.4 is 9.47 Å². The van der Waals surface area contributed by atoms with E-state index in [-0.39, 0.29) is 0 Å². The summed E-state index contributed by atoms with van der Waals surface area (Å²) in [6, 6.07) is 17.9. The van der Waals surface area contributed by atoms with Crippen LogP contribution in [0.4, 0.5) is 0 Å². The zero-order valence-electron chi connectivity index (χ0n) is 12.2. The highest BCUT2D eigenvalue weighted by Gasteiger charge is 2.09. The molecule has 0 amide bonds. The maximum absolute atomic E-state index is 5.77. The lowest BCUT2D eigenvalue weighted by atomic mass is 10.1. The molecule has 3 rings (SSSR count). The Balaban J connectivity index is 2.22. The number of benzene rings is 2. The van der Waals surface area contributed by atoms with Crippen molar-refractivity contribution in [2.45, 2.75) is 6.92 Å². The van der Waals surface area contributed by atoms with Gasteiger partial charge in [0, 0.05) is 23.1 Å². The fourth-order valence-corrected chi connectivity index (χ4v) is 2.33. The van der Waals surface area contributed by atoms with Crippen molar-refractivity contribution in [3.05, 3.63) is 54.6 Å². The molecule has 0 saturated carbocycles.